The molecule has 5 rings (SSSR count). The summed E-state index contributed by atoms with van der Waals surface area (Å²) in [5.74, 6) is -0.173. The topological polar surface area (TPSA) is 79.0 Å². The number of rotatable bonds is 4. The van der Waals surface area contributed by atoms with Crippen LogP contribution in [0.2, 0.25) is 0 Å². The number of carbonyl (C=O) groups is 1. The molecule has 2 unspecified atom stereocenters. The van der Waals surface area contributed by atoms with Crippen molar-refractivity contribution in [2.45, 2.75) is 63.4 Å². The lowest BCUT2D eigenvalue weighted by molar-refractivity contribution is -0.125. The molecule has 1 amide bonds. The second-order valence-electron chi connectivity index (χ2n) is 10.6. The number of nitrogens with zero attached hydrogens (tertiary/aromatic N) is 2. The molecule has 0 aromatic heterocycles. The second-order valence-corrected chi connectivity index (χ2v) is 12.2. The summed E-state index contributed by atoms with van der Waals surface area (Å²) in [5, 5.41) is 2.81. The van der Waals surface area contributed by atoms with Gasteiger partial charge in [0.1, 0.15) is 5.54 Å². The first-order chi connectivity index (χ1) is 16.0. The van der Waals surface area contributed by atoms with Crippen LogP contribution >= 0.6 is 0 Å². The van der Waals surface area contributed by atoms with E-state index in [4.69, 9.17) is 4.18 Å². The lowest BCUT2D eigenvalue weighted by atomic mass is 9.84. The summed E-state index contributed by atoms with van der Waals surface area (Å²) in [7, 11) is -3.77. The van der Waals surface area contributed by atoms with Crippen LogP contribution in [0.15, 0.2) is 48.5 Å². The van der Waals surface area contributed by atoms with E-state index in [1.54, 1.807) is 0 Å². The Labute approximate surface area is 202 Å². The SMILES string of the molecule is Cc1ccc2c(c1)C(N1CCC3(CC1)C(=O)NC(OS(C)(=O)=O)N3c1ccccc1)CC2(C)C. The molecule has 2 aromatic carbocycles. The molecule has 1 aliphatic carbocycles. The minimum Gasteiger partial charge on any atom is -0.313 e. The summed E-state index contributed by atoms with van der Waals surface area (Å²) < 4.78 is 29.3. The second kappa shape index (κ2) is 8.07. The number of benzene rings is 2. The quantitative estimate of drug-likeness (QED) is 0.671. The van der Waals surface area contributed by atoms with E-state index in [0.29, 0.717) is 18.9 Å². The molecule has 2 heterocycles. The van der Waals surface area contributed by atoms with Crippen molar-refractivity contribution in [2.24, 2.45) is 0 Å². The number of hydrogen-bond donors (Lipinski definition) is 1. The van der Waals surface area contributed by atoms with Crippen molar-refractivity contribution in [1.29, 1.82) is 0 Å². The van der Waals surface area contributed by atoms with Gasteiger partial charge in [0.05, 0.1) is 6.26 Å². The van der Waals surface area contributed by atoms with E-state index in [2.05, 4.69) is 49.2 Å². The monoisotopic (exact) mass is 483 g/mol. The average Bonchev–Trinajstić information content (AvgIpc) is 3.17. The Hall–Kier alpha value is -2.42. The summed E-state index contributed by atoms with van der Waals surface area (Å²) in [6.07, 6.45) is 2.19. The molecule has 182 valence electrons. The standard InChI is InChI=1S/C26H33N3O4S/c1-18-10-11-21-20(16-18)22(17-25(21,2)3)28-14-12-26(13-15-28)23(30)27-24(33-34(4,31)32)29(26)19-8-6-5-7-9-19/h5-11,16,22,24H,12-15,17H2,1-4H3,(H,27,30). The molecular formula is C26H33N3O4S. The number of amides is 1. The van der Waals surface area contributed by atoms with Crippen molar-refractivity contribution in [3.8, 4) is 0 Å². The van der Waals surface area contributed by atoms with Crippen LogP contribution in [0, 0.1) is 6.92 Å². The van der Waals surface area contributed by atoms with Gasteiger partial charge in [-0.25, -0.2) is 4.18 Å². The first-order valence-electron chi connectivity index (χ1n) is 11.9. The molecule has 7 nitrogen and oxygen atoms in total. The van der Waals surface area contributed by atoms with E-state index in [1.165, 1.54) is 16.7 Å². The first kappa shape index (κ1) is 23.3. The van der Waals surface area contributed by atoms with Gasteiger partial charge >= 0.3 is 0 Å². The predicted molar refractivity (Wildman–Crippen MR) is 132 cm³/mol. The van der Waals surface area contributed by atoms with E-state index in [-0.39, 0.29) is 11.3 Å². The Morgan fingerprint density at radius 3 is 2.38 bits per heavy atom. The van der Waals surface area contributed by atoms with Crippen molar-refractivity contribution in [1.82, 2.24) is 10.2 Å². The highest BCUT2D eigenvalue weighted by molar-refractivity contribution is 7.86. The number of aryl methyl sites for hydroxylation is 1. The molecule has 2 atom stereocenters. The highest BCUT2D eigenvalue weighted by Gasteiger charge is 2.56. The van der Waals surface area contributed by atoms with Gasteiger partial charge < -0.3 is 10.2 Å². The molecule has 0 saturated carbocycles. The number of nitrogens with one attached hydrogen (secondary N) is 1. The molecule has 34 heavy (non-hydrogen) atoms. The van der Waals surface area contributed by atoms with Crippen molar-refractivity contribution >= 4 is 21.7 Å². The zero-order valence-corrected chi connectivity index (χ0v) is 21.1. The fourth-order valence-corrected chi connectivity index (χ4v) is 6.59. The predicted octanol–water partition coefficient (Wildman–Crippen LogP) is 3.45. The number of anilines is 1. The molecule has 2 fully saturated rings. The van der Waals surface area contributed by atoms with Crippen LogP contribution in [0.25, 0.3) is 0 Å². The molecule has 0 radical (unpaired) electrons. The first-order valence-corrected chi connectivity index (χ1v) is 13.7. The van der Waals surface area contributed by atoms with Crippen LogP contribution in [0.1, 0.15) is 55.8 Å². The van der Waals surface area contributed by atoms with Crippen LogP contribution in [0.3, 0.4) is 0 Å². The van der Waals surface area contributed by atoms with Gasteiger partial charge in [0.25, 0.3) is 10.1 Å². The van der Waals surface area contributed by atoms with Gasteiger partial charge in [-0.2, -0.15) is 8.42 Å². The van der Waals surface area contributed by atoms with Gasteiger partial charge in [-0.15, -0.1) is 0 Å². The zero-order chi connectivity index (χ0) is 24.3. The minimum atomic E-state index is -3.77. The van der Waals surface area contributed by atoms with Crippen molar-refractivity contribution in [3.63, 3.8) is 0 Å². The minimum absolute atomic E-state index is 0.109. The fraction of sp³-hybridized carbons (Fsp3) is 0.500. The normalized spacial score (nSPS) is 26.0. The van der Waals surface area contributed by atoms with E-state index >= 15 is 0 Å². The van der Waals surface area contributed by atoms with Gasteiger partial charge in [0.15, 0.2) is 0 Å². The fourth-order valence-electron chi connectivity index (χ4n) is 6.13. The third kappa shape index (κ3) is 3.91. The average molecular weight is 484 g/mol. The molecule has 1 N–H and O–H groups in total. The summed E-state index contributed by atoms with van der Waals surface area (Å²) in [5.41, 5.74) is 4.10. The third-order valence-corrected chi connectivity index (χ3v) is 8.27. The molecule has 0 bridgehead atoms. The van der Waals surface area contributed by atoms with Gasteiger partial charge in [0.2, 0.25) is 12.3 Å². The lowest BCUT2D eigenvalue weighted by Crippen LogP contribution is -2.58. The Morgan fingerprint density at radius 2 is 1.74 bits per heavy atom. The number of hydrogen-bond acceptors (Lipinski definition) is 6. The lowest BCUT2D eigenvalue weighted by Gasteiger charge is -2.46. The van der Waals surface area contributed by atoms with Crippen LogP contribution in [-0.4, -0.2) is 50.5 Å². The maximum Gasteiger partial charge on any atom is 0.267 e. The summed E-state index contributed by atoms with van der Waals surface area (Å²) in [6.45, 7) is 8.24. The van der Waals surface area contributed by atoms with Crippen molar-refractivity contribution in [3.05, 3.63) is 65.2 Å². The molecule has 2 aliphatic heterocycles. The maximum absolute atomic E-state index is 13.4. The van der Waals surface area contributed by atoms with Gasteiger partial charge in [-0.1, -0.05) is 55.8 Å². The smallest absolute Gasteiger partial charge is 0.267 e. The highest BCUT2D eigenvalue weighted by atomic mass is 32.2. The van der Waals surface area contributed by atoms with E-state index < -0.39 is 22.0 Å². The van der Waals surface area contributed by atoms with Gasteiger partial charge in [0, 0.05) is 24.8 Å². The van der Waals surface area contributed by atoms with E-state index in [9.17, 15) is 13.2 Å². The zero-order valence-electron chi connectivity index (χ0n) is 20.2. The van der Waals surface area contributed by atoms with Crippen LogP contribution < -0.4 is 10.2 Å². The maximum atomic E-state index is 13.4. The van der Waals surface area contributed by atoms with Crippen LogP contribution in [0.4, 0.5) is 5.69 Å². The summed E-state index contributed by atoms with van der Waals surface area (Å²) in [6, 6.07) is 16.6. The Kier molecular flexibility index (Phi) is 5.54. The molecule has 8 heteroatoms. The number of carbonyl (C=O) groups excluding carboxylic acids is 1. The number of likely N-dealkylation sites (tertiary alicyclic amines) is 1. The molecular weight excluding hydrogens is 450 g/mol. The Bertz CT molecular complexity index is 1200. The number of para-hydroxylation sites is 1. The molecule has 2 aromatic rings. The van der Waals surface area contributed by atoms with Crippen LogP contribution in [0.5, 0.6) is 0 Å². The highest BCUT2D eigenvalue weighted by Crippen LogP contribution is 2.49. The van der Waals surface area contributed by atoms with Crippen molar-refractivity contribution in [2.75, 3.05) is 24.2 Å². The van der Waals surface area contributed by atoms with Gasteiger partial charge in [-0.3, -0.25) is 9.69 Å². The Morgan fingerprint density at radius 1 is 1.06 bits per heavy atom. The number of piperidine rings is 1. The van der Waals surface area contributed by atoms with E-state index in [0.717, 1.165) is 31.5 Å². The molecule has 1 spiro atoms. The Balaban J connectivity index is 1.44. The van der Waals surface area contributed by atoms with Crippen LogP contribution in [-0.2, 0) is 24.5 Å². The molecule has 3 aliphatic rings. The largest absolute Gasteiger partial charge is 0.313 e. The third-order valence-electron chi connectivity index (χ3n) is 7.74. The van der Waals surface area contributed by atoms with Gasteiger partial charge in [-0.05, 0) is 54.9 Å². The number of fused-ring (bicyclic) bond motifs is 1. The summed E-state index contributed by atoms with van der Waals surface area (Å²) >= 11 is 0. The summed E-state index contributed by atoms with van der Waals surface area (Å²) in [4.78, 5) is 17.7. The van der Waals surface area contributed by atoms with E-state index in [1.807, 2.05) is 35.2 Å². The van der Waals surface area contributed by atoms with Crippen molar-refractivity contribution < 1.29 is 17.4 Å². The molecule has 2 saturated heterocycles.